The SMILES string of the molecule is C=C(NNC(=O)CCn1c2ccccc2c2ccccc21)c1cccs1. The molecule has 0 radical (unpaired) electrons. The molecule has 0 bridgehead atoms. The second-order valence-electron chi connectivity index (χ2n) is 6.06. The summed E-state index contributed by atoms with van der Waals surface area (Å²) in [4.78, 5) is 13.3. The number of aromatic nitrogens is 1. The van der Waals surface area contributed by atoms with Crippen LogP contribution < -0.4 is 10.9 Å². The first-order chi connectivity index (χ1) is 12.7. The Morgan fingerprint density at radius 3 is 2.19 bits per heavy atom. The van der Waals surface area contributed by atoms with Crippen molar-refractivity contribution in [1.29, 1.82) is 0 Å². The van der Waals surface area contributed by atoms with Crippen molar-refractivity contribution in [2.45, 2.75) is 13.0 Å². The summed E-state index contributed by atoms with van der Waals surface area (Å²) in [5.74, 6) is -0.0652. The van der Waals surface area contributed by atoms with E-state index in [9.17, 15) is 4.79 Å². The summed E-state index contributed by atoms with van der Waals surface area (Å²) >= 11 is 1.58. The van der Waals surface area contributed by atoms with Crippen LogP contribution in [0.3, 0.4) is 0 Å². The molecule has 0 unspecified atom stereocenters. The van der Waals surface area contributed by atoms with E-state index in [1.54, 1.807) is 11.3 Å². The Morgan fingerprint density at radius 1 is 0.923 bits per heavy atom. The number of rotatable bonds is 6. The van der Waals surface area contributed by atoms with Crippen molar-refractivity contribution < 1.29 is 4.79 Å². The number of amides is 1. The molecular weight excluding hydrogens is 342 g/mol. The van der Waals surface area contributed by atoms with Gasteiger partial charge in [-0.05, 0) is 23.6 Å². The summed E-state index contributed by atoms with van der Waals surface area (Å²) in [5, 5.41) is 4.41. The second kappa shape index (κ2) is 7.06. The quantitative estimate of drug-likeness (QED) is 0.495. The maximum atomic E-state index is 12.3. The van der Waals surface area contributed by atoms with Gasteiger partial charge in [0.25, 0.3) is 0 Å². The van der Waals surface area contributed by atoms with Gasteiger partial charge in [-0.3, -0.25) is 15.6 Å². The molecule has 0 aliphatic rings. The number of hydrazine groups is 1. The molecule has 0 spiro atoms. The Labute approximate surface area is 155 Å². The summed E-state index contributed by atoms with van der Waals surface area (Å²) in [6, 6.07) is 20.5. The first-order valence-electron chi connectivity index (χ1n) is 8.47. The molecule has 26 heavy (non-hydrogen) atoms. The highest BCUT2D eigenvalue weighted by Gasteiger charge is 2.11. The monoisotopic (exact) mass is 361 g/mol. The van der Waals surface area contributed by atoms with Crippen LogP contribution in [0, 0.1) is 0 Å². The normalized spacial score (nSPS) is 10.9. The topological polar surface area (TPSA) is 46.1 Å². The van der Waals surface area contributed by atoms with Crippen LogP contribution in [-0.4, -0.2) is 10.5 Å². The fraction of sp³-hybridized carbons (Fsp3) is 0.0952. The van der Waals surface area contributed by atoms with Gasteiger partial charge in [-0.2, -0.15) is 0 Å². The molecule has 2 N–H and O–H groups in total. The van der Waals surface area contributed by atoms with Crippen molar-refractivity contribution in [2.75, 3.05) is 0 Å². The molecule has 0 aliphatic carbocycles. The highest BCUT2D eigenvalue weighted by molar-refractivity contribution is 7.11. The lowest BCUT2D eigenvalue weighted by Gasteiger charge is -2.11. The lowest BCUT2D eigenvalue weighted by molar-refractivity contribution is -0.121. The lowest BCUT2D eigenvalue weighted by Crippen LogP contribution is -2.36. The fourth-order valence-corrected chi connectivity index (χ4v) is 3.83. The minimum atomic E-state index is -0.0652. The smallest absolute Gasteiger partial charge is 0.240 e. The van der Waals surface area contributed by atoms with Gasteiger partial charge < -0.3 is 4.57 Å². The summed E-state index contributed by atoms with van der Waals surface area (Å²) in [6.45, 7) is 4.56. The van der Waals surface area contributed by atoms with E-state index in [-0.39, 0.29) is 5.91 Å². The van der Waals surface area contributed by atoms with Crippen LogP contribution in [-0.2, 0) is 11.3 Å². The number of fused-ring (bicyclic) bond motifs is 3. The third kappa shape index (κ3) is 3.09. The summed E-state index contributed by atoms with van der Waals surface area (Å²) in [7, 11) is 0. The Hall–Kier alpha value is -3.05. The van der Waals surface area contributed by atoms with E-state index in [0.29, 0.717) is 18.7 Å². The van der Waals surface area contributed by atoms with Crippen LogP contribution in [0.4, 0.5) is 0 Å². The Bertz CT molecular complexity index is 1030. The number of hydrogen-bond donors (Lipinski definition) is 2. The minimum Gasteiger partial charge on any atom is -0.340 e. The second-order valence-corrected chi connectivity index (χ2v) is 7.01. The average molecular weight is 361 g/mol. The van der Waals surface area contributed by atoms with Gasteiger partial charge in [0.1, 0.15) is 0 Å². The van der Waals surface area contributed by atoms with Crippen molar-refractivity contribution in [2.24, 2.45) is 0 Å². The minimum absolute atomic E-state index is 0.0652. The number of aryl methyl sites for hydroxylation is 1. The van der Waals surface area contributed by atoms with Crippen molar-refractivity contribution in [1.82, 2.24) is 15.4 Å². The predicted octanol–water partition coefficient (Wildman–Crippen LogP) is 4.54. The van der Waals surface area contributed by atoms with E-state index < -0.39 is 0 Å². The number of thiophene rings is 1. The first-order valence-corrected chi connectivity index (χ1v) is 9.35. The van der Waals surface area contributed by atoms with Crippen LogP contribution in [0.15, 0.2) is 72.6 Å². The molecule has 4 rings (SSSR count). The fourth-order valence-electron chi connectivity index (χ4n) is 3.18. The zero-order valence-corrected chi connectivity index (χ0v) is 15.1. The summed E-state index contributed by atoms with van der Waals surface area (Å²) in [5.41, 5.74) is 8.63. The van der Waals surface area contributed by atoms with E-state index in [1.807, 2.05) is 41.8 Å². The van der Waals surface area contributed by atoms with Gasteiger partial charge >= 0.3 is 0 Å². The third-order valence-corrected chi connectivity index (χ3v) is 5.34. The molecule has 0 aliphatic heterocycles. The average Bonchev–Trinajstić information content (AvgIpc) is 3.31. The van der Waals surface area contributed by atoms with Crippen molar-refractivity contribution in [3.63, 3.8) is 0 Å². The maximum absolute atomic E-state index is 12.3. The molecule has 5 heteroatoms. The number of hydrogen-bond acceptors (Lipinski definition) is 3. The Morgan fingerprint density at radius 2 is 1.58 bits per heavy atom. The van der Waals surface area contributed by atoms with Crippen molar-refractivity contribution in [3.8, 4) is 0 Å². The molecular formula is C21H19N3OS. The third-order valence-electron chi connectivity index (χ3n) is 4.41. The maximum Gasteiger partial charge on any atom is 0.240 e. The van der Waals surface area contributed by atoms with E-state index in [2.05, 4.69) is 46.3 Å². The van der Waals surface area contributed by atoms with Crippen molar-refractivity contribution >= 4 is 44.7 Å². The standard InChI is InChI=1S/C21H19N3OS/c1-15(20-11-6-14-26-20)22-23-21(25)12-13-24-18-9-4-2-7-16(18)17-8-3-5-10-19(17)24/h2-11,14,22H,1,12-13H2,(H,23,25). The van der Waals surface area contributed by atoms with Crippen LogP contribution >= 0.6 is 11.3 Å². The summed E-state index contributed by atoms with van der Waals surface area (Å²) in [6.07, 6.45) is 0.382. The van der Waals surface area contributed by atoms with Gasteiger partial charge in [0.15, 0.2) is 0 Å². The molecule has 0 saturated carbocycles. The summed E-state index contributed by atoms with van der Waals surface area (Å²) < 4.78 is 2.21. The van der Waals surface area contributed by atoms with Crippen LogP contribution in [0.25, 0.3) is 27.5 Å². The molecule has 0 fully saturated rings. The van der Waals surface area contributed by atoms with Gasteiger partial charge in [0.2, 0.25) is 5.91 Å². The van der Waals surface area contributed by atoms with Crippen molar-refractivity contribution in [3.05, 3.63) is 77.5 Å². The van der Waals surface area contributed by atoms with E-state index >= 15 is 0 Å². The van der Waals surface area contributed by atoms with Gasteiger partial charge in [0, 0.05) is 34.8 Å². The first kappa shape index (κ1) is 16.4. The number of nitrogens with zero attached hydrogens (tertiary/aromatic N) is 1. The molecule has 4 nitrogen and oxygen atoms in total. The molecule has 1 amide bonds. The largest absolute Gasteiger partial charge is 0.340 e. The van der Waals surface area contributed by atoms with Crippen LogP contribution in [0.5, 0.6) is 0 Å². The Balaban J connectivity index is 1.47. The number of para-hydroxylation sites is 2. The zero-order valence-electron chi connectivity index (χ0n) is 14.2. The van der Waals surface area contributed by atoms with Crippen LogP contribution in [0.2, 0.25) is 0 Å². The molecule has 4 aromatic rings. The number of carbonyl (C=O) groups is 1. The lowest BCUT2D eigenvalue weighted by atomic mass is 10.2. The predicted molar refractivity (Wildman–Crippen MR) is 109 cm³/mol. The molecule has 2 aromatic heterocycles. The highest BCUT2D eigenvalue weighted by Crippen LogP contribution is 2.28. The number of nitrogens with one attached hydrogen (secondary N) is 2. The molecule has 0 saturated heterocycles. The molecule has 2 heterocycles. The highest BCUT2D eigenvalue weighted by atomic mass is 32.1. The van der Waals surface area contributed by atoms with Gasteiger partial charge in [-0.1, -0.05) is 49.0 Å². The zero-order chi connectivity index (χ0) is 17.9. The van der Waals surface area contributed by atoms with E-state index in [1.165, 1.54) is 10.8 Å². The molecule has 2 aromatic carbocycles. The Kier molecular flexibility index (Phi) is 4.46. The van der Waals surface area contributed by atoms with Gasteiger partial charge in [0.05, 0.1) is 10.6 Å². The van der Waals surface area contributed by atoms with Crippen LogP contribution in [0.1, 0.15) is 11.3 Å². The molecule has 130 valence electrons. The van der Waals surface area contributed by atoms with Gasteiger partial charge in [-0.25, -0.2) is 0 Å². The number of carbonyl (C=O) groups excluding carboxylic acids is 1. The number of benzene rings is 2. The molecule has 0 atom stereocenters. The van der Waals surface area contributed by atoms with E-state index in [0.717, 1.165) is 15.9 Å². The van der Waals surface area contributed by atoms with E-state index in [4.69, 9.17) is 0 Å². The van der Waals surface area contributed by atoms with Gasteiger partial charge in [-0.15, -0.1) is 11.3 Å².